The van der Waals surface area contributed by atoms with Crippen molar-refractivity contribution in [3.8, 4) is 6.07 Å². The quantitative estimate of drug-likeness (QED) is 0.875. The molecule has 0 saturated heterocycles. The molecule has 3 rings (SSSR count). The lowest BCUT2D eigenvalue weighted by Crippen LogP contribution is -2.16. The van der Waals surface area contributed by atoms with Crippen molar-refractivity contribution in [2.24, 2.45) is 0 Å². The molecule has 0 bridgehead atoms. The highest BCUT2D eigenvalue weighted by atomic mass is 32.1. The number of para-hydroxylation sites is 1. The third kappa shape index (κ3) is 2.24. The van der Waals surface area contributed by atoms with Crippen molar-refractivity contribution in [3.05, 3.63) is 51.2 Å². The minimum Gasteiger partial charge on any atom is -0.377 e. The molecule has 0 amide bonds. The molecule has 2 nitrogen and oxygen atoms in total. The zero-order valence-corrected chi connectivity index (χ0v) is 11.8. The van der Waals surface area contributed by atoms with Crippen LogP contribution in [0.3, 0.4) is 0 Å². The van der Waals surface area contributed by atoms with Crippen LogP contribution in [0.1, 0.15) is 40.5 Å². The topological polar surface area (TPSA) is 35.8 Å². The first kappa shape index (κ1) is 12.3. The third-order valence-corrected chi connectivity index (χ3v) is 4.76. The molecule has 1 aromatic carbocycles. The second-order valence-electron chi connectivity index (χ2n) is 5.00. The zero-order chi connectivity index (χ0) is 13.2. The summed E-state index contributed by atoms with van der Waals surface area (Å²) in [7, 11) is 0. The van der Waals surface area contributed by atoms with E-state index in [9.17, 15) is 5.26 Å². The first-order valence-corrected chi connectivity index (χ1v) is 7.50. The van der Waals surface area contributed by atoms with E-state index in [4.69, 9.17) is 0 Å². The minimum absolute atomic E-state index is 0.350. The number of thiophene rings is 1. The van der Waals surface area contributed by atoms with Crippen molar-refractivity contribution < 1.29 is 0 Å². The van der Waals surface area contributed by atoms with Gasteiger partial charge in [0.15, 0.2) is 0 Å². The maximum absolute atomic E-state index is 9.24. The highest BCUT2D eigenvalue weighted by molar-refractivity contribution is 7.10. The van der Waals surface area contributed by atoms with Gasteiger partial charge in [-0.2, -0.15) is 5.26 Å². The summed E-state index contributed by atoms with van der Waals surface area (Å²) < 4.78 is 0. The van der Waals surface area contributed by atoms with Gasteiger partial charge in [-0.1, -0.05) is 12.1 Å². The molecule has 1 heterocycles. The van der Waals surface area contributed by atoms with E-state index < -0.39 is 0 Å². The number of rotatable bonds is 2. The SMILES string of the molecule is Cc1cccc(C#N)c1NC1CCCc2sccc21. The average molecular weight is 268 g/mol. The molecular formula is C16H16N2S. The molecule has 1 aliphatic carbocycles. The van der Waals surface area contributed by atoms with Gasteiger partial charge in [-0.3, -0.25) is 0 Å². The number of fused-ring (bicyclic) bond motifs is 1. The zero-order valence-electron chi connectivity index (χ0n) is 10.9. The van der Waals surface area contributed by atoms with Gasteiger partial charge in [0.05, 0.1) is 17.3 Å². The number of hydrogen-bond donors (Lipinski definition) is 1. The van der Waals surface area contributed by atoms with Gasteiger partial charge in [-0.05, 0) is 54.8 Å². The van der Waals surface area contributed by atoms with Crippen molar-refractivity contribution in [3.63, 3.8) is 0 Å². The fourth-order valence-corrected chi connectivity index (χ4v) is 3.75. The van der Waals surface area contributed by atoms with Gasteiger partial charge in [-0.15, -0.1) is 11.3 Å². The first-order chi connectivity index (χ1) is 9.29. The van der Waals surface area contributed by atoms with E-state index >= 15 is 0 Å². The van der Waals surface area contributed by atoms with Crippen LogP contribution in [-0.4, -0.2) is 0 Å². The monoisotopic (exact) mass is 268 g/mol. The Morgan fingerprint density at radius 3 is 3.11 bits per heavy atom. The molecule has 96 valence electrons. The lowest BCUT2D eigenvalue weighted by Gasteiger charge is -2.26. The Bertz CT molecular complexity index is 636. The highest BCUT2D eigenvalue weighted by Crippen LogP contribution is 2.36. The van der Waals surface area contributed by atoms with Crippen molar-refractivity contribution in [2.75, 3.05) is 5.32 Å². The Kier molecular flexibility index (Phi) is 3.27. The Hall–Kier alpha value is -1.79. The molecule has 1 N–H and O–H groups in total. The number of hydrogen-bond acceptors (Lipinski definition) is 3. The fourth-order valence-electron chi connectivity index (χ4n) is 2.76. The van der Waals surface area contributed by atoms with Crippen LogP contribution in [0.15, 0.2) is 29.6 Å². The third-order valence-electron chi connectivity index (χ3n) is 3.76. The number of benzene rings is 1. The molecule has 3 heteroatoms. The van der Waals surface area contributed by atoms with Crippen molar-refractivity contribution in [1.29, 1.82) is 5.26 Å². The minimum atomic E-state index is 0.350. The van der Waals surface area contributed by atoms with Crippen molar-refractivity contribution >= 4 is 17.0 Å². The smallest absolute Gasteiger partial charge is 0.101 e. The van der Waals surface area contributed by atoms with E-state index in [1.54, 1.807) is 0 Å². The van der Waals surface area contributed by atoms with Crippen LogP contribution in [0.4, 0.5) is 5.69 Å². The van der Waals surface area contributed by atoms with Crippen LogP contribution in [-0.2, 0) is 6.42 Å². The van der Waals surface area contributed by atoms with Crippen LogP contribution in [0.2, 0.25) is 0 Å². The molecule has 19 heavy (non-hydrogen) atoms. The summed E-state index contributed by atoms with van der Waals surface area (Å²) in [4.78, 5) is 1.50. The molecule has 1 unspecified atom stereocenters. The number of nitrogens with one attached hydrogen (secondary N) is 1. The summed E-state index contributed by atoms with van der Waals surface area (Å²) in [5.74, 6) is 0. The van der Waals surface area contributed by atoms with E-state index in [2.05, 4.69) is 35.8 Å². The molecule has 1 aromatic heterocycles. The summed E-state index contributed by atoms with van der Waals surface area (Å²) in [6, 6.07) is 10.7. The first-order valence-electron chi connectivity index (χ1n) is 6.62. The fraction of sp³-hybridized carbons (Fsp3) is 0.312. The second-order valence-corrected chi connectivity index (χ2v) is 6.00. The summed E-state index contributed by atoms with van der Waals surface area (Å²) in [5.41, 5.74) is 4.29. The molecule has 2 aromatic rings. The van der Waals surface area contributed by atoms with Gasteiger partial charge < -0.3 is 5.32 Å². The predicted molar refractivity (Wildman–Crippen MR) is 79.5 cm³/mol. The average Bonchev–Trinajstić information content (AvgIpc) is 2.90. The molecule has 0 radical (unpaired) electrons. The van der Waals surface area contributed by atoms with Crippen LogP contribution in [0.25, 0.3) is 0 Å². The number of anilines is 1. The summed E-state index contributed by atoms with van der Waals surface area (Å²) in [6.07, 6.45) is 3.56. The van der Waals surface area contributed by atoms with E-state index in [0.29, 0.717) is 6.04 Å². The van der Waals surface area contributed by atoms with E-state index in [1.807, 2.05) is 23.5 Å². The molecular weight excluding hydrogens is 252 g/mol. The predicted octanol–water partition coefficient (Wildman–Crippen LogP) is 4.42. The number of nitriles is 1. The molecule has 1 atom stereocenters. The van der Waals surface area contributed by atoms with Gasteiger partial charge in [0.25, 0.3) is 0 Å². The number of nitrogens with zero attached hydrogens (tertiary/aromatic N) is 1. The summed E-state index contributed by atoms with van der Waals surface area (Å²) in [5, 5.41) is 15.0. The summed E-state index contributed by atoms with van der Waals surface area (Å²) >= 11 is 1.85. The van der Waals surface area contributed by atoms with E-state index in [0.717, 1.165) is 23.2 Å². The molecule has 0 spiro atoms. The summed E-state index contributed by atoms with van der Waals surface area (Å²) in [6.45, 7) is 2.06. The van der Waals surface area contributed by atoms with Gasteiger partial charge in [-0.25, -0.2) is 0 Å². The van der Waals surface area contributed by atoms with Crippen LogP contribution < -0.4 is 5.32 Å². The maximum atomic E-state index is 9.24. The Morgan fingerprint density at radius 1 is 1.37 bits per heavy atom. The standard InChI is InChI=1S/C16H16N2S/c1-11-4-2-5-12(10-17)16(11)18-14-6-3-7-15-13(14)8-9-19-15/h2,4-5,8-9,14,18H,3,6-7H2,1H3. The lowest BCUT2D eigenvalue weighted by atomic mass is 9.93. The van der Waals surface area contributed by atoms with Gasteiger partial charge >= 0.3 is 0 Å². The Morgan fingerprint density at radius 2 is 2.26 bits per heavy atom. The number of aryl methyl sites for hydroxylation is 2. The van der Waals surface area contributed by atoms with E-state index in [1.165, 1.54) is 23.3 Å². The van der Waals surface area contributed by atoms with Gasteiger partial charge in [0.1, 0.15) is 6.07 Å². The Labute approximate surface area is 117 Å². The molecule has 0 aliphatic heterocycles. The van der Waals surface area contributed by atoms with E-state index in [-0.39, 0.29) is 0 Å². The molecule has 0 fully saturated rings. The normalized spacial score (nSPS) is 17.6. The second kappa shape index (κ2) is 5.07. The van der Waals surface area contributed by atoms with Crippen LogP contribution >= 0.6 is 11.3 Å². The largest absolute Gasteiger partial charge is 0.377 e. The highest BCUT2D eigenvalue weighted by Gasteiger charge is 2.22. The van der Waals surface area contributed by atoms with Gasteiger partial charge in [0, 0.05) is 4.88 Å². The lowest BCUT2D eigenvalue weighted by molar-refractivity contribution is 0.608. The Balaban J connectivity index is 1.94. The van der Waals surface area contributed by atoms with Crippen molar-refractivity contribution in [1.82, 2.24) is 0 Å². The van der Waals surface area contributed by atoms with Crippen LogP contribution in [0.5, 0.6) is 0 Å². The molecule has 1 aliphatic rings. The van der Waals surface area contributed by atoms with Crippen molar-refractivity contribution in [2.45, 2.75) is 32.2 Å². The van der Waals surface area contributed by atoms with Crippen LogP contribution in [0, 0.1) is 18.3 Å². The molecule has 0 saturated carbocycles. The maximum Gasteiger partial charge on any atom is 0.101 e. The van der Waals surface area contributed by atoms with Gasteiger partial charge in [0.2, 0.25) is 0 Å².